The third-order valence-electron chi connectivity index (χ3n) is 14.7. The van der Waals surface area contributed by atoms with Crippen molar-refractivity contribution in [3.8, 4) is 39.1 Å². The summed E-state index contributed by atoms with van der Waals surface area (Å²) in [5.74, 6) is 0. The van der Waals surface area contributed by atoms with E-state index in [-0.39, 0.29) is 5.41 Å². The predicted molar refractivity (Wildman–Crippen MR) is 284 cm³/mol. The van der Waals surface area contributed by atoms with Crippen LogP contribution in [-0.2, 0) is 11.8 Å². The Balaban J connectivity index is 0.877. The van der Waals surface area contributed by atoms with Crippen LogP contribution in [0.5, 0.6) is 0 Å². The van der Waals surface area contributed by atoms with Crippen molar-refractivity contribution in [2.24, 2.45) is 0 Å². The molecule has 0 N–H and O–H groups in total. The van der Waals surface area contributed by atoms with Crippen LogP contribution in [0, 0.1) is 0 Å². The first kappa shape index (κ1) is 39.2. The maximum atomic E-state index is 2.55. The molecule has 318 valence electrons. The number of rotatable bonds is 7. The second-order valence-electron chi connectivity index (χ2n) is 18.8. The van der Waals surface area contributed by atoms with E-state index in [9.17, 15) is 0 Å². The van der Waals surface area contributed by atoms with Gasteiger partial charge in [0.25, 0.3) is 0 Å². The summed E-state index contributed by atoms with van der Waals surface area (Å²) in [6, 6.07) is 82.7. The van der Waals surface area contributed by atoms with E-state index in [1.54, 1.807) is 0 Å². The number of benzene rings is 10. The Kier molecular flexibility index (Phi) is 9.05. The maximum absolute atomic E-state index is 2.55. The van der Waals surface area contributed by atoms with Gasteiger partial charge in [0.2, 0.25) is 0 Å². The molecule has 2 aliphatic rings. The van der Waals surface area contributed by atoms with Gasteiger partial charge in [-0.1, -0.05) is 178 Å². The minimum absolute atomic E-state index is 0.203. The highest BCUT2D eigenvalue weighted by atomic mass is 15.1. The van der Waals surface area contributed by atoms with Crippen LogP contribution >= 0.6 is 0 Å². The number of para-hydroxylation sites is 3. The van der Waals surface area contributed by atoms with Gasteiger partial charge in [0.05, 0.1) is 5.52 Å². The molecule has 0 saturated heterocycles. The lowest BCUT2D eigenvalue weighted by Gasteiger charge is -2.26. The van der Waals surface area contributed by atoms with E-state index in [4.69, 9.17) is 0 Å². The number of anilines is 3. The third kappa shape index (κ3) is 6.24. The molecule has 67 heavy (non-hydrogen) atoms. The average Bonchev–Trinajstić information content (AvgIpc) is 3.83. The summed E-state index contributed by atoms with van der Waals surface area (Å²) in [7, 11) is 0. The molecule has 13 rings (SSSR count). The monoisotopic (exact) mass is 856 g/mol. The van der Waals surface area contributed by atoms with Crippen molar-refractivity contribution in [3.63, 3.8) is 0 Å². The van der Waals surface area contributed by atoms with Gasteiger partial charge < -0.3 is 9.47 Å². The van der Waals surface area contributed by atoms with Crippen LogP contribution in [0.25, 0.3) is 83.2 Å². The normalized spacial score (nSPS) is 13.6. The number of hydrogen-bond acceptors (Lipinski definition) is 1. The molecular weight excluding hydrogens is 809 g/mol. The van der Waals surface area contributed by atoms with Crippen molar-refractivity contribution < 1.29 is 0 Å². The number of fused-ring (bicyclic) bond motifs is 8. The molecule has 10 aromatic carbocycles. The van der Waals surface area contributed by atoms with Gasteiger partial charge in [-0.15, -0.1) is 0 Å². The van der Waals surface area contributed by atoms with E-state index in [0.717, 1.165) is 29.9 Å². The first-order valence-electron chi connectivity index (χ1n) is 23.6. The average molecular weight is 857 g/mol. The van der Waals surface area contributed by atoms with E-state index < -0.39 is 0 Å². The Morgan fingerprint density at radius 3 is 1.49 bits per heavy atom. The zero-order valence-corrected chi connectivity index (χ0v) is 37.7. The van der Waals surface area contributed by atoms with E-state index in [2.05, 4.69) is 254 Å². The molecule has 2 nitrogen and oxygen atoms in total. The second-order valence-corrected chi connectivity index (χ2v) is 18.8. The van der Waals surface area contributed by atoms with Crippen molar-refractivity contribution >= 4 is 61.2 Å². The Morgan fingerprint density at radius 1 is 0.403 bits per heavy atom. The fourth-order valence-electron chi connectivity index (χ4n) is 11.5. The molecule has 2 heteroatoms. The lowest BCUT2D eigenvalue weighted by molar-refractivity contribution is 0.660. The summed E-state index contributed by atoms with van der Waals surface area (Å²) < 4.78 is 2.55. The zero-order chi connectivity index (χ0) is 44.6. The summed E-state index contributed by atoms with van der Waals surface area (Å²) >= 11 is 0. The van der Waals surface area contributed by atoms with Gasteiger partial charge in [-0.05, 0) is 157 Å². The van der Waals surface area contributed by atoms with Crippen molar-refractivity contribution in [2.75, 3.05) is 4.90 Å². The number of allylic oxidation sites excluding steroid dienone is 1. The van der Waals surface area contributed by atoms with Gasteiger partial charge in [0, 0.05) is 44.8 Å². The van der Waals surface area contributed by atoms with Gasteiger partial charge in [-0.25, -0.2) is 0 Å². The minimum atomic E-state index is -0.203. The van der Waals surface area contributed by atoms with Crippen molar-refractivity contribution in [3.05, 3.63) is 252 Å². The number of hydrogen-bond donors (Lipinski definition) is 0. The quantitative estimate of drug-likeness (QED) is 0.145. The summed E-state index contributed by atoms with van der Waals surface area (Å²) in [5, 5.41) is 6.44. The molecule has 1 heterocycles. The first-order valence-corrected chi connectivity index (χ1v) is 23.6. The lowest BCUT2D eigenvalue weighted by Crippen LogP contribution is -2.16. The smallest absolute Gasteiger partial charge is 0.0537 e. The topological polar surface area (TPSA) is 8.17 Å². The fourth-order valence-corrected chi connectivity index (χ4v) is 11.5. The molecule has 0 spiro atoms. The molecule has 1 aromatic heterocycles. The van der Waals surface area contributed by atoms with Gasteiger partial charge in [-0.3, -0.25) is 0 Å². The van der Waals surface area contributed by atoms with Gasteiger partial charge in [-0.2, -0.15) is 0 Å². The molecule has 0 fully saturated rings. The molecule has 2 aliphatic carbocycles. The Morgan fingerprint density at radius 2 is 0.881 bits per heavy atom. The van der Waals surface area contributed by atoms with Crippen LogP contribution in [0.3, 0.4) is 0 Å². The highest BCUT2D eigenvalue weighted by molar-refractivity contribution is 6.21. The summed E-state index contributed by atoms with van der Waals surface area (Å²) in [6.45, 7) is 4.84. The molecule has 0 atom stereocenters. The molecule has 0 saturated carbocycles. The van der Waals surface area contributed by atoms with Crippen LogP contribution in [0.15, 0.2) is 224 Å². The Bertz CT molecular complexity index is 3650. The minimum Gasteiger partial charge on any atom is -0.313 e. The Hall–Kier alpha value is -8.20. The molecular formula is C65H48N2. The van der Waals surface area contributed by atoms with Crippen LogP contribution in [0.2, 0.25) is 0 Å². The molecule has 0 radical (unpaired) electrons. The number of aromatic nitrogens is 1. The number of nitrogens with zero attached hydrogens (tertiary/aromatic N) is 2. The van der Waals surface area contributed by atoms with E-state index in [0.29, 0.717) is 0 Å². The Labute approximate surface area is 392 Å². The molecule has 0 aliphatic heterocycles. The largest absolute Gasteiger partial charge is 0.313 e. The van der Waals surface area contributed by atoms with Crippen molar-refractivity contribution in [1.82, 2.24) is 4.57 Å². The van der Waals surface area contributed by atoms with Crippen molar-refractivity contribution in [2.45, 2.75) is 32.1 Å². The van der Waals surface area contributed by atoms with Gasteiger partial charge in [0.1, 0.15) is 0 Å². The maximum Gasteiger partial charge on any atom is 0.0537 e. The third-order valence-corrected chi connectivity index (χ3v) is 14.7. The SMILES string of the molecule is CC1(C)c2cc(-c3c4ccccc4c(-c4ccccc4)c4ccccc34)ccc2-c2ccc(-n3c4c(c5ccccc53)C=C(c3ccc(N(c5ccccc5)c5ccccc5)cc3)CC4)cc21. The van der Waals surface area contributed by atoms with E-state index >= 15 is 0 Å². The predicted octanol–water partition coefficient (Wildman–Crippen LogP) is 17.5. The molecule has 11 aromatic rings. The van der Waals surface area contributed by atoms with Crippen LogP contribution < -0.4 is 4.90 Å². The standard InChI is InChI=1S/C65H48N2/c1-65(2)59-41-46(64-56-27-14-12-25-54(56)63(44-18-6-3-7-19-44)55-26-13-15-28-57(55)64)32-37-51(59)52-38-36-50(42-60(52)65)67-61-29-17-16-24-53(61)58-40-45(33-39-62(58)67)43-30-34-49(35-31-43)66(47-20-8-4-9-21-47)48-22-10-5-11-23-48/h3-32,34-38,40-42H,33,39H2,1-2H3. The van der Waals surface area contributed by atoms with Gasteiger partial charge >= 0.3 is 0 Å². The highest BCUT2D eigenvalue weighted by Crippen LogP contribution is 2.52. The van der Waals surface area contributed by atoms with Crippen LogP contribution in [0.4, 0.5) is 17.1 Å². The highest BCUT2D eigenvalue weighted by Gasteiger charge is 2.37. The molecule has 0 amide bonds. The molecule has 0 unspecified atom stereocenters. The van der Waals surface area contributed by atoms with Gasteiger partial charge in [0.15, 0.2) is 0 Å². The lowest BCUT2D eigenvalue weighted by atomic mass is 9.80. The summed E-state index contributed by atoms with van der Waals surface area (Å²) in [4.78, 5) is 2.33. The van der Waals surface area contributed by atoms with Crippen molar-refractivity contribution in [1.29, 1.82) is 0 Å². The zero-order valence-electron chi connectivity index (χ0n) is 37.7. The molecule has 0 bridgehead atoms. The second kappa shape index (κ2) is 15.5. The van der Waals surface area contributed by atoms with Crippen LogP contribution in [-0.4, -0.2) is 4.57 Å². The fraction of sp³-hybridized carbons (Fsp3) is 0.0769. The summed E-state index contributed by atoms with van der Waals surface area (Å²) in [6.07, 6.45) is 4.41. The first-order chi connectivity index (χ1) is 33.0. The van der Waals surface area contributed by atoms with E-state index in [1.807, 2.05) is 0 Å². The summed E-state index contributed by atoms with van der Waals surface area (Å²) in [5.41, 5.74) is 21.6. The van der Waals surface area contributed by atoms with E-state index in [1.165, 1.54) is 105 Å². The van der Waals surface area contributed by atoms with Crippen LogP contribution in [0.1, 0.15) is 48.2 Å².